The number of hydrogen-bond acceptors (Lipinski definition) is 4. The molecule has 0 aliphatic rings. The molecule has 0 fully saturated rings. The molecule has 0 saturated heterocycles. The van der Waals surface area contributed by atoms with Gasteiger partial charge in [0.1, 0.15) is 0 Å². The van der Waals surface area contributed by atoms with Gasteiger partial charge in [-0.3, -0.25) is 4.79 Å². The molecule has 0 heterocycles. The highest BCUT2D eigenvalue weighted by atomic mass is 35.5. The maximum absolute atomic E-state index is 12.0. The van der Waals surface area contributed by atoms with Crippen LogP contribution in [0.1, 0.15) is 5.56 Å². The number of carboxylic acid groups (broad SMARTS) is 1. The number of carbonyl (C=O) groups is 1. The van der Waals surface area contributed by atoms with Gasteiger partial charge in [0.25, 0.3) is 0 Å². The summed E-state index contributed by atoms with van der Waals surface area (Å²) in [4.78, 5) is 12.7. The van der Waals surface area contributed by atoms with Crippen molar-refractivity contribution in [1.29, 1.82) is 0 Å². The van der Waals surface area contributed by atoms with Crippen LogP contribution in [0.15, 0.2) is 71.6 Å². The molecule has 0 amide bonds. The molecule has 0 spiro atoms. The first kappa shape index (κ1) is 20.9. The van der Waals surface area contributed by atoms with Gasteiger partial charge in [-0.15, -0.1) is 0 Å². The number of sulfone groups is 1. The van der Waals surface area contributed by atoms with Gasteiger partial charge in [0.15, 0.2) is 15.6 Å². The Morgan fingerprint density at radius 1 is 1.00 bits per heavy atom. The molecule has 1 N–H and O–H groups in total. The number of aliphatic carboxylic acids is 1. The Balaban J connectivity index is 1.89. The van der Waals surface area contributed by atoms with E-state index in [2.05, 4.69) is 0 Å². The number of hydrogen-bond donors (Lipinski definition) is 1. The van der Waals surface area contributed by atoms with E-state index in [1.807, 2.05) is 61.3 Å². The molecule has 150 valence electrons. The van der Waals surface area contributed by atoms with Crippen molar-refractivity contribution in [3.05, 3.63) is 77.3 Å². The zero-order valence-corrected chi connectivity index (χ0v) is 17.5. The fourth-order valence-corrected chi connectivity index (χ4v) is 4.37. The van der Waals surface area contributed by atoms with Crippen LogP contribution in [0.2, 0.25) is 5.02 Å². The van der Waals surface area contributed by atoms with Crippen LogP contribution in [-0.4, -0.2) is 32.3 Å². The lowest BCUT2D eigenvalue weighted by atomic mass is 10.00. The van der Waals surface area contributed by atoms with Gasteiger partial charge in [-0.05, 0) is 72.1 Å². The first-order valence-corrected chi connectivity index (χ1v) is 10.9. The summed E-state index contributed by atoms with van der Waals surface area (Å²) >= 11 is 6.06. The fraction of sp³-hybridized carbons (Fsp3) is 0.136. The zero-order valence-electron chi connectivity index (χ0n) is 16.0. The molecule has 0 unspecified atom stereocenters. The van der Waals surface area contributed by atoms with Gasteiger partial charge in [-0.2, -0.15) is 0 Å². The quantitative estimate of drug-likeness (QED) is 0.600. The Morgan fingerprint density at radius 3 is 2.31 bits per heavy atom. The Labute approximate surface area is 175 Å². The average Bonchev–Trinajstić information content (AvgIpc) is 2.66. The van der Waals surface area contributed by atoms with Crippen molar-refractivity contribution in [2.45, 2.75) is 11.8 Å². The van der Waals surface area contributed by atoms with Crippen molar-refractivity contribution in [3.63, 3.8) is 0 Å². The van der Waals surface area contributed by atoms with Crippen LogP contribution in [0.25, 0.3) is 11.1 Å². The number of halogens is 1. The van der Waals surface area contributed by atoms with Crippen molar-refractivity contribution in [1.82, 2.24) is 0 Å². The minimum absolute atomic E-state index is 0.0115. The summed E-state index contributed by atoms with van der Waals surface area (Å²) in [6, 6.07) is 19.9. The van der Waals surface area contributed by atoms with Crippen molar-refractivity contribution in [3.8, 4) is 11.1 Å². The number of benzene rings is 3. The summed E-state index contributed by atoms with van der Waals surface area (Å²) in [5.41, 5.74) is 4.91. The van der Waals surface area contributed by atoms with Crippen LogP contribution in [0.4, 0.5) is 11.4 Å². The Kier molecular flexibility index (Phi) is 5.96. The normalized spacial score (nSPS) is 11.3. The molecule has 3 aromatic rings. The molecule has 0 aliphatic heterocycles. The predicted octanol–water partition coefficient (Wildman–Crippen LogP) is 4.94. The third kappa shape index (κ3) is 4.78. The number of aryl methyl sites for hydroxylation is 1. The highest BCUT2D eigenvalue weighted by Gasteiger charge is 2.19. The van der Waals surface area contributed by atoms with E-state index in [0.29, 0.717) is 5.02 Å². The maximum atomic E-state index is 12.0. The van der Waals surface area contributed by atoms with Crippen molar-refractivity contribution in [2.24, 2.45) is 0 Å². The van der Waals surface area contributed by atoms with Gasteiger partial charge in [-0.25, -0.2) is 8.42 Å². The number of carboxylic acids is 1. The molecule has 0 aromatic heterocycles. The monoisotopic (exact) mass is 429 g/mol. The smallest absolute Gasteiger partial charge is 0.319 e. The maximum Gasteiger partial charge on any atom is 0.319 e. The summed E-state index contributed by atoms with van der Waals surface area (Å²) in [5.74, 6) is -2.30. The van der Waals surface area contributed by atoms with E-state index in [-0.39, 0.29) is 4.90 Å². The minimum atomic E-state index is -3.85. The van der Waals surface area contributed by atoms with Gasteiger partial charge < -0.3 is 10.0 Å². The second-order valence-electron chi connectivity index (χ2n) is 6.72. The average molecular weight is 430 g/mol. The van der Waals surface area contributed by atoms with E-state index in [0.717, 1.165) is 28.1 Å². The standard InChI is InChI=1S/C22H20ClNO4S/c1-15-12-17(23)6-11-21(15)16-4-3-5-19(13-16)24(2)18-7-9-20(10-8-18)29(27,28)14-22(25)26/h3-13H,14H2,1-2H3,(H,25,26). The van der Waals surface area contributed by atoms with E-state index in [1.54, 1.807) is 12.1 Å². The highest BCUT2D eigenvalue weighted by Crippen LogP contribution is 2.31. The summed E-state index contributed by atoms with van der Waals surface area (Å²) in [7, 11) is -1.96. The first-order valence-electron chi connectivity index (χ1n) is 8.82. The molecule has 7 heteroatoms. The zero-order chi connectivity index (χ0) is 21.2. The lowest BCUT2D eigenvalue weighted by Crippen LogP contribution is -2.15. The van der Waals surface area contributed by atoms with Crippen LogP contribution in [-0.2, 0) is 14.6 Å². The Bertz CT molecular complexity index is 1160. The highest BCUT2D eigenvalue weighted by molar-refractivity contribution is 7.92. The molecule has 5 nitrogen and oxygen atoms in total. The van der Waals surface area contributed by atoms with Crippen molar-refractivity contribution in [2.75, 3.05) is 17.7 Å². The third-order valence-corrected chi connectivity index (χ3v) is 6.48. The Morgan fingerprint density at radius 2 is 1.69 bits per heavy atom. The molecule has 0 bridgehead atoms. The molecule has 0 aliphatic carbocycles. The Hall–Kier alpha value is -2.83. The van der Waals surface area contributed by atoms with Crippen LogP contribution >= 0.6 is 11.6 Å². The molecular formula is C22H20ClNO4S. The molecule has 3 rings (SSSR count). The molecular weight excluding hydrogens is 410 g/mol. The fourth-order valence-electron chi connectivity index (χ4n) is 3.11. The van der Waals surface area contributed by atoms with Crippen molar-refractivity contribution < 1.29 is 18.3 Å². The molecule has 0 atom stereocenters. The lowest BCUT2D eigenvalue weighted by Gasteiger charge is -2.21. The molecule has 0 radical (unpaired) electrons. The number of anilines is 2. The topological polar surface area (TPSA) is 74.7 Å². The SMILES string of the molecule is Cc1cc(Cl)ccc1-c1cccc(N(C)c2ccc(S(=O)(=O)CC(=O)O)cc2)c1. The summed E-state index contributed by atoms with van der Waals surface area (Å²) < 4.78 is 24.1. The second-order valence-corrected chi connectivity index (χ2v) is 9.14. The van der Waals surface area contributed by atoms with E-state index in [4.69, 9.17) is 16.7 Å². The lowest BCUT2D eigenvalue weighted by molar-refractivity contribution is -0.134. The van der Waals surface area contributed by atoms with Crippen LogP contribution in [0.5, 0.6) is 0 Å². The van der Waals surface area contributed by atoms with Crippen LogP contribution in [0, 0.1) is 6.92 Å². The first-order chi connectivity index (χ1) is 13.7. The summed E-state index contributed by atoms with van der Waals surface area (Å²) in [5, 5.41) is 9.45. The molecule has 29 heavy (non-hydrogen) atoms. The molecule has 3 aromatic carbocycles. The number of nitrogens with zero attached hydrogens (tertiary/aromatic N) is 1. The summed E-state index contributed by atoms with van der Waals surface area (Å²) in [6.45, 7) is 2.01. The number of rotatable bonds is 6. The second kappa shape index (κ2) is 8.27. The van der Waals surface area contributed by atoms with Gasteiger partial charge in [-0.1, -0.05) is 29.8 Å². The van der Waals surface area contributed by atoms with E-state index >= 15 is 0 Å². The molecule has 0 saturated carbocycles. The minimum Gasteiger partial charge on any atom is -0.480 e. The van der Waals surface area contributed by atoms with Crippen LogP contribution in [0.3, 0.4) is 0 Å². The van der Waals surface area contributed by atoms with Crippen molar-refractivity contribution >= 4 is 38.8 Å². The van der Waals surface area contributed by atoms with E-state index in [9.17, 15) is 13.2 Å². The van der Waals surface area contributed by atoms with Gasteiger partial charge in [0.05, 0.1) is 4.90 Å². The summed E-state index contributed by atoms with van der Waals surface area (Å²) in [6.07, 6.45) is 0. The van der Waals surface area contributed by atoms with Gasteiger partial charge in [0, 0.05) is 23.4 Å². The largest absolute Gasteiger partial charge is 0.480 e. The predicted molar refractivity (Wildman–Crippen MR) is 116 cm³/mol. The van der Waals surface area contributed by atoms with Gasteiger partial charge in [0.2, 0.25) is 0 Å². The van der Waals surface area contributed by atoms with E-state index in [1.165, 1.54) is 12.1 Å². The third-order valence-electron chi connectivity index (χ3n) is 4.63. The van der Waals surface area contributed by atoms with E-state index < -0.39 is 21.6 Å². The van der Waals surface area contributed by atoms with Crippen LogP contribution < -0.4 is 4.90 Å². The van der Waals surface area contributed by atoms with Gasteiger partial charge >= 0.3 is 5.97 Å².